The largest absolute Gasteiger partial charge is 0.486 e. The van der Waals surface area contributed by atoms with Gasteiger partial charge in [-0.05, 0) is 90.2 Å². The molecule has 0 saturated heterocycles. The Kier molecular flexibility index (Phi) is 6.30. The lowest BCUT2D eigenvalue weighted by atomic mass is 9.64. The van der Waals surface area contributed by atoms with Gasteiger partial charge in [0.2, 0.25) is 0 Å². The summed E-state index contributed by atoms with van der Waals surface area (Å²) in [6.45, 7) is 2.79. The molecule has 4 unspecified atom stereocenters. The molecule has 0 amide bonds. The predicted molar refractivity (Wildman–Crippen MR) is 129 cm³/mol. The number of fused-ring (bicyclic) bond motifs is 1. The fourth-order valence-corrected chi connectivity index (χ4v) is 5.91. The Morgan fingerprint density at radius 2 is 1.50 bits per heavy atom. The smallest absolute Gasteiger partial charge is 0.165 e. The molecule has 2 aliphatic carbocycles. The van der Waals surface area contributed by atoms with Crippen molar-refractivity contribution in [2.45, 2.75) is 58.0 Å². The monoisotopic (exact) mass is 428 g/mol. The highest BCUT2D eigenvalue weighted by Gasteiger charge is 2.34. The van der Waals surface area contributed by atoms with Crippen LogP contribution in [0.2, 0.25) is 0 Å². The molecule has 0 aromatic heterocycles. The first-order chi connectivity index (χ1) is 15.7. The molecule has 0 N–H and O–H groups in total. The zero-order chi connectivity index (χ0) is 21.9. The van der Waals surface area contributed by atoms with Gasteiger partial charge in [-0.2, -0.15) is 0 Å². The van der Waals surface area contributed by atoms with Crippen LogP contribution in [0.4, 0.5) is 4.39 Å². The van der Waals surface area contributed by atoms with Gasteiger partial charge in [0.1, 0.15) is 6.61 Å². The third-order valence-electron chi connectivity index (χ3n) is 7.76. The van der Waals surface area contributed by atoms with Crippen molar-refractivity contribution >= 4 is 0 Å². The van der Waals surface area contributed by atoms with Gasteiger partial charge in [0.15, 0.2) is 11.6 Å². The highest BCUT2D eigenvalue weighted by molar-refractivity contribution is 5.64. The number of ether oxygens (including phenoxy) is 1. The molecule has 0 heterocycles. The van der Waals surface area contributed by atoms with Crippen molar-refractivity contribution in [1.29, 1.82) is 0 Å². The Morgan fingerprint density at radius 3 is 2.28 bits per heavy atom. The number of benzene rings is 3. The molecule has 0 aliphatic heterocycles. The van der Waals surface area contributed by atoms with Gasteiger partial charge in [-0.25, -0.2) is 4.39 Å². The summed E-state index contributed by atoms with van der Waals surface area (Å²) in [7, 11) is 0. The topological polar surface area (TPSA) is 9.23 Å². The van der Waals surface area contributed by atoms with E-state index in [2.05, 4.69) is 31.2 Å². The summed E-state index contributed by atoms with van der Waals surface area (Å²) >= 11 is 0. The fourth-order valence-electron chi connectivity index (χ4n) is 5.91. The lowest BCUT2D eigenvalue weighted by Crippen LogP contribution is -2.29. The molecule has 0 radical (unpaired) electrons. The van der Waals surface area contributed by atoms with E-state index < -0.39 is 0 Å². The highest BCUT2D eigenvalue weighted by Crippen LogP contribution is 2.47. The first-order valence-corrected chi connectivity index (χ1v) is 12.2. The van der Waals surface area contributed by atoms with Crippen molar-refractivity contribution in [3.8, 4) is 16.9 Å². The summed E-state index contributed by atoms with van der Waals surface area (Å²) in [4.78, 5) is 0. The normalized spacial score (nSPS) is 25.2. The van der Waals surface area contributed by atoms with Crippen LogP contribution in [0.1, 0.15) is 62.5 Å². The second-order valence-corrected chi connectivity index (χ2v) is 9.99. The highest BCUT2D eigenvalue weighted by atomic mass is 19.1. The summed E-state index contributed by atoms with van der Waals surface area (Å²) in [5.74, 6) is 3.47. The van der Waals surface area contributed by atoms with Crippen LogP contribution in [0.25, 0.3) is 11.1 Å². The zero-order valence-electron chi connectivity index (χ0n) is 19.0. The molecule has 166 valence electrons. The van der Waals surface area contributed by atoms with E-state index in [9.17, 15) is 4.39 Å². The zero-order valence-corrected chi connectivity index (χ0v) is 19.0. The molecular formula is C30H33FO. The van der Waals surface area contributed by atoms with Gasteiger partial charge >= 0.3 is 0 Å². The molecule has 32 heavy (non-hydrogen) atoms. The SMILES string of the molecule is CC1CCC2CC(c3ccc(-c4ccc(OCc5ccccc5)c(F)c4)cc3)CCC2C1. The maximum absolute atomic E-state index is 14.7. The van der Waals surface area contributed by atoms with Crippen molar-refractivity contribution in [3.05, 3.63) is 89.7 Å². The van der Waals surface area contributed by atoms with Gasteiger partial charge < -0.3 is 4.74 Å². The molecular weight excluding hydrogens is 395 g/mol. The van der Waals surface area contributed by atoms with E-state index in [1.54, 1.807) is 12.1 Å². The Morgan fingerprint density at radius 1 is 0.781 bits per heavy atom. The molecule has 1 nitrogen and oxygen atoms in total. The van der Waals surface area contributed by atoms with E-state index in [0.29, 0.717) is 18.3 Å². The van der Waals surface area contributed by atoms with Gasteiger partial charge in [0, 0.05) is 0 Å². The lowest BCUT2D eigenvalue weighted by molar-refractivity contribution is 0.124. The summed E-state index contributed by atoms with van der Waals surface area (Å²) in [6.07, 6.45) is 8.31. The minimum Gasteiger partial charge on any atom is -0.486 e. The van der Waals surface area contributed by atoms with Crippen LogP contribution in [0.15, 0.2) is 72.8 Å². The third-order valence-corrected chi connectivity index (χ3v) is 7.76. The molecule has 2 fully saturated rings. The predicted octanol–water partition coefficient (Wildman–Crippen LogP) is 8.39. The maximum atomic E-state index is 14.7. The maximum Gasteiger partial charge on any atom is 0.165 e. The van der Waals surface area contributed by atoms with Crippen LogP contribution in [0.3, 0.4) is 0 Å². The molecule has 0 bridgehead atoms. The Hall–Kier alpha value is -2.61. The average molecular weight is 429 g/mol. The van der Waals surface area contributed by atoms with Gasteiger partial charge in [-0.3, -0.25) is 0 Å². The van der Waals surface area contributed by atoms with E-state index in [-0.39, 0.29) is 5.82 Å². The van der Waals surface area contributed by atoms with Crippen LogP contribution in [-0.2, 0) is 6.61 Å². The standard InChI is InChI=1S/C30H33FO/c1-21-7-8-27-18-26(14-13-25(27)17-21)23-9-11-24(12-10-23)28-15-16-30(29(31)19-28)32-20-22-5-3-2-4-6-22/h2-6,9-12,15-16,19,21,25-27H,7-8,13-14,17-18,20H2,1H3. The first kappa shape index (κ1) is 21.2. The molecule has 3 aromatic carbocycles. The lowest BCUT2D eigenvalue weighted by Gasteiger charge is -2.41. The fraction of sp³-hybridized carbons (Fsp3) is 0.400. The van der Waals surface area contributed by atoms with Gasteiger partial charge in [-0.15, -0.1) is 0 Å². The van der Waals surface area contributed by atoms with Crippen LogP contribution in [-0.4, -0.2) is 0 Å². The summed E-state index contributed by atoms with van der Waals surface area (Å²) < 4.78 is 20.4. The van der Waals surface area contributed by atoms with Crippen molar-refractivity contribution in [1.82, 2.24) is 0 Å². The summed E-state index contributed by atoms with van der Waals surface area (Å²) in [5.41, 5.74) is 4.44. The Labute approximate surface area is 191 Å². The van der Waals surface area contributed by atoms with E-state index in [1.807, 2.05) is 36.4 Å². The van der Waals surface area contributed by atoms with E-state index in [1.165, 1.54) is 44.1 Å². The number of rotatable bonds is 5. The number of halogens is 1. The first-order valence-electron chi connectivity index (χ1n) is 12.2. The summed E-state index contributed by atoms with van der Waals surface area (Å²) in [5, 5.41) is 0. The van der Waals surface area contributed by atoms with E-state index >= 15 is 0 Å². The van der Waals surface area contributed by atoms with Crippen molar-refractivity contribution in [3.63, 3.8) is 0 Å². The Bertz CT molecular complexity index is 1030. The van der Waals surface area contributed by atoms with Crippen molar-refractivity contribution in [2.75, 3.05) is 0 Å². The van der Waals surface area contributed by atoms with Crippen LogP contribution in [0.5, 0.6) is 5.75 Å². The number of hydrogen-bond donors (Lipinski definition) is 0. The second-order valence-electron chi connectivity index (χ2n) is 9.99. The second kappa shape index (κ2) is 9.48. The van der Waals surface area contributed by atoms with Gasteiger partial charge in [0.05, 0.1) is 0 Å². The summed E-state index contributed by atoms with van der Waals surface area (Å²) in [6, 6.07) is 24.0. The molecule has 3 aromatic rings. The molecule has 5 rings (SSSR count). The van der Waals surface area contributed by atoms with Crippen LogP contribution < -0.4 is 4.74 Å². The minimum absolute atomic E-state index is 0.299. The van der Waals surface area contributed by atoms with Gasteiger partial charge in [0.25, 0.3) is 0 Å². The van der Waals surface area contributed by atoms with Crippen LogP contribution in [0, 0.1) is 23.6 Å². The Balaban J connectivity index is 1.23. The molecule has 4 atom stereocenters. The van der Waals surface area contributed by atoms with Crippen molar-refractivity contribution in [2.24, 2.45) is 17.8 Å². The van der Waals surface area contributed by atoms with Crippen LogP contribution >= 0.6 is 0 Å². The average Bonchev–Trinajstić information content (AvgIpc) is 2.84. The third kappa shape index (κ3) is 4.75. The van der Waals surface area contributed by atoms with Crippen molar-refractivity contribution < 1.29 is 9.13 Å². The molecule has 2 heteroatoms. The number of hydrogen-bond acceptors (Lipinski definition) is 1. The van der Waals surface area contributed by atoms with E-state index in [0.717, 1.165) is 34.4 Å². The quantitative estimate of drug-likeness (QED) is 0.396. The molecule has 2 saturated carbocycles. The van der Waals surface area contributed by atoms with Gasteiger partial charge in [-0.1, -0.05) is 74.0 Å². The molecule has 2 aliphatic rings. The molecule has 0 spiro atoms. The van der Waals surface area contributed by atoms with E-state index in [4.69, 9.17) is 4.74 Å². The minimum atomic E-state index is -0.313.